The Morgan fingerprint density at radius 1 is 0.869 bits per heavy atom. The van der Waals surface area contributed by atoms with Crippen LogP contribution >= 0.6 is 0 Å². The Balaban J connectivity index is 1.87. The van der Waals surface area contributed by atoms with Crippen molar-refractivity contribution in [1.82, 2.24) is 0 Å². The van der Waals surface area contributed by atoms with E-state index in [0.717, 1.165) is 20.1 Å². The molecule has 4 aliphatic rings. The molecule has 4 rings (SSSR count). The van der Waals surface area contributed by atoms with Crippen LogP contribution in [-0.4, -0.2) is 131 Å². The van der Waals surface area contributed by atoms with Crippen LogP contribution in [0.5, 0.6) is 0 Å². The fourth-order valence-electron chi connectivity index (χ4n) is 8.45. The first-order valence-electron chi connectivity index (χ1n) is 20.9. The van der Waals surface area contributed by atoms with E-state index in [1.54, 1.807) is 39.8 Å². The number of carbonyl (C=O) groups is 5. The van der Waals surface area contributed by atoms with E-state index in [1.165, 1.54) is 20.1 Å². The molecule has 0 radical (unpaired) electrons. The highest BCUT2D eigenvalue weighted by molar-refractivity contribution is 5.83. The lowest BCUT2D eigenvalue weighted by atomic mass is 9.70. The standard InChI is InChI=1S/C44H66O17/c1-24(2)13-38(50)59-35-22-32-19-29(47)20-39(51)58-34(25(3)45)21-31-17-28(18-37(49)55-10)40(56-26(4)46)44(53,61-31)41(5,6)12-11-30-14-27(16-36(48)54-9)15-33(57-30)23-43(52,60-32)42(35,7)8/h11-12,16,18,24-25,29-35,40,45,47,52-53H,13-15,17,19-23H2,1-10H3/b12-11+,27-16+,28-18-. The van der Waals surface area contributed by atoms with Crippen molar-refractivity contribution in [2.45, 2.75) is 180 Å². The number of ether oxygens (including phenoxy) is 8. The fourth-order valence-corrected chi connectivity index (χ4v) is 8.45. The van der Waals surface area contributed by atoms with Crippen LogP contribution < -0.4 is 0 Å². The van der Waals surface area contributed by atoms with E-state index in [4.69, 9.17) is 37.9 Å². The van der Waals surface area contributed by atoms with Crippen LogP contribution in [0.2, 0.25) is 0 Å². The highest BCUT2D eigenvalue weighted by Gasteiger charge is 2.59. The largest absolute Gasteiger partial charge is 0.466 e. The van der Waals surface area contributed by atoms with E-state index in [9.17, 15) is 44.4 Å². The SMILES string of the molecule is COC(=O)/C=C1\CC2/C=C/C(C)(C)C3(O)OC(C/C(=C/C(=O)OC)C3OC(C)=O)CC(C(C)O)OC(=O)CC(O)CC3CC(OC(=O)CC(C)C)C(C)(C)C(O)(CC(C1)O2)O3. The summed E-state index contributed by atoms with van der Waals surface area (Å²) in [7, 11) is 2.40. The maximum absolute atomic E-state index is 13.4. The smallest absolute Gasteiger partial charge is 0.330 e. The molecule has 11 unspecified atom stereocenters. The molecule has 4 heterocycles. The minimum Gasteiger partial charge on any atom is -0.466 e. The number of methoxy groups -OCH3 is 2. The van der Waals surface area contributed by atoms with E-state index in [-0.39, 0.29) is 62.9 Å². The molecule has 17 heteroatoms. The van der Waals surface area contributed by atoms with Crippen molar-refractivity contribution >= 4 is 29.8 Å². The Kier molecular flexibility index (Phi) is 16.5. The molecular weight excluding hydrogens is 800 g/mol. The molecule has 6 bridgehead atoms. The Bertz CT molecular complexity index is 1700. The Labute approximate surface area is 357 Å². The third kappa shape index (κ3) is 12.5. The van der Waals surface area contributed by atoms with Gasteiger partial charge in [0.05, 0.1) is 62.7 Å². The zero-order chi connectivity index (χ0) is 45.7. The first-order valence-corrected chi connectivity index (χ1v) is 20.9. The molecule has 0 saturated carbocycles. The Hall–Kier alpha value is -3.71. The molecule has 61 heavy (non-hydrogen) atoms. The van der Waals surface area contributed by atoms with Gasteiger partial charge in [-0.2, -0.15) is 0 Å². The van der Waals surface area contributed by atoms with E-state index in [2.05, 4.69) is 0 Å². The average molecular weight is 867 g/mol. The molecular formula is C44H66O17. The van der Waals surface area contributed by atoms with E-state index in [0.29, 0.717) is 5.57 Å². The van der Waals surface area contributed by atoms with Crippen molar-refractivity contribution in [3.05, 3.63) is 35.5 Å². The van der Waals surface area contributed by atoms with Crippen LogP contribution in [0.25, 0.3) is 0 Å². The number of fused-ring (bicyclic) bond motifs is 6. The second-order valence-electron chi connectivity index (χ2n) is 18.3. The maximum atomic E-state index is 13.4. The summed E-state index contributed by atoms with van der Waals surface area (Å²) >= 11 is 0. The van der Waals surface area contributed by atoms with Gasteiger partial charge in [-0.25, -0.2) is 9.59 Å². The van der Waals surface area contributed by atoms with Gasteiger partial charge in [-0.15, -0.1) is 0 Å². The van der Waals surface area contributed by atoms with Crippen molar-refractivity contribution in [1.29, 1.82) is 0 Å². The lowest BCUT2D eigenvalue weighted by molar-refractivity contribution is -0.349. The van der Waals surface area contributed by atoms with Gasteiger partial charge in [0, 0.05) is 56.6 Å². The third-order valence-corrected chi connectivity index (χ3v) is 12.0. The van der Waals surface area contributed by atoms with Crippen LogP contribution in [0.1, 0.15) is 113 Å². The summed E-state index contributed by atoms with van der Waals surface area (Å²) in [5.74, 6) is -8.04. The predicted octanol–water partition coefficient (Wildman–Crippen LogP) is 3.41. The van der Waals surface area contributed by atoms with E-state index in [1.807, 2.05) is 13.8 Å². The molecule has 0 aromatic heterocycles. The normalized spacial score (nSPS) is 36.8. The first-order chi connectivity index (χ1) is 28.3. The minimum absolute atomic E-state index is 0.00726. The summed E-state index contributed by atoms with van der Waals surface area (Å²) in [6, 6.07) is 0. The number of cyclic esters (lactones) is 1. The van der Waals surface area contributed by atoms with Gasteiger partial charge in [-0.05, 0) is 37.7 Å². The molecule has 4 aliphatic heterocycles. The Morgan fingerprint density at radius 2 is 1.52 bits per heavy atom. The topological polar surface area (TPSA) is 240 Å². The average Bonchev–Trinajstić information content (AvgIpc) is 3.13. The molecule has 3 fully saturated rings. The predicted molar refractivity (Wildman–Crippen MR) is 215 cm³/mol. The molecule has 0 aliphatic carbocycles. The highest BCUT2D eigenvalue weighted by atomic mass is 16.7. The van der Waals surface area contributed by atoms with Crippen LogP contribution in [0, 0.1) is 16.7 Å². The quantitative estimate of drug-likeness (QED) is 0.124. The van der Waals surface area contributed by atoms with Crippen molar-refractivity contribution in [3.8, 4) is 0 Å². The summed E-state index contributed by atoms with van der Waals surface area (Å²) < 4.78 is 46.5. The van der Waals surface area contributed by atoms with Gasteiger partial charge in [-0.1, -0.05) is 59.3 Å². The van der Waals surface area contributed by atoms with Crippen molar-refractivity contribution in [2.24, 2.45) is 16.7 Å². The summed E-state index contributed by atoms with van der Waals surface area (Å²) in [6.45, 7) is 12.9. The number of hydrogen-bond acceptors (Lipinski definition) is 17. The number of rotatable bonds is 7. The van der Waals surface area contributed by atoms with Gasteiger partial charge in [0.15, 0.2) is 11.9 Å². The summed E-state index contributed by atoms with van der Waals surface area (Å²) in [6.07, 6.45) is -4.92. The molecule has 0 spiro atoms. The summed E-state index contributed by atoms with van der Waals surface area (Å²) in [5.41, 5.74) is -1.98. The molecule has 4 N–H and O–H groups in total. The molecule has 3 saturated heterocycles. The minimum atomic E-state index is -2.41. The van der Waals surface area contributed by atoms with Gasteiger partial charge in [0.1, 0.15) is 12.2 Å². The van der Waals surface area contributed by atoms with Crippen LogP contribution in [0.15, 0.2) is 35.5 Å². The maximum Gasteiger partial charge on any atom is 0.330 e. The van der Waals surface area contributed by atoms with Gasteiger partial charge >= 0.3 is 29.8 Å². The lowest BCUT2D eigenvalue weighted by Crippen LogP contribution is -2.62. The zero-order valence-corrected chi connectivity index (χ0v) is 37.0. The van der Waals surface area contributed by atoms with Gasteiger partial charge < -0.3 is 58.3 Å². The fraction of sp³-hybridized carbons (Fsp3) is 0.750. The zero-order valence-electron chi connectivity index (χ0n) is 37.0. The number of aliphatic hydroxyl groups excluding tert-OH is 2. The third-order valence-electron chi connectivity index (χ3n) is 12.0. The van der Waals surface area contributed by atoms with Crippen molar-refractivity contribution in [3.63, 3.8) is 0 Å². The van der Waals surface area contributed by atoms with Crippen LogP contribution in [-0.2, 0) is 61.9 Å². The molecule has 11 atom stereocenters. The van der Waals surface area contributed by atoms with Gasteiger partial charge in [0.25, 0.3) is 0 Å². The van der Waals surface area contributed by atoms with E-state index < -0.39 is 114 Å². The molecule has 17 nitrogen and oxygen atoms in total. The molecule has 0 aromatic rings. The number of hydrogen-bond donors (Lipinski definition) is 4. The molecule has 0 aromatic carbocycles. The van der Waals surface area contributed by atoms with E-state index >= 15 is 0 Å². The lowest BCUT2D eigenvalue weighted by Gasteiger charge is -2.54. The molecule has 0 amide bonds. The van der Waals surface area contributed by atoms with Crippen molar-refractivity contribution in [2.75, 3.05) is 14.2 Å². The van der Waals surface area contributed by atoms with Gasteiger partial charge in [-0.3, -0.25) is 14.4 Å². The van der Waals surface area contributed by atoms with Gasteiger partial charge in [0.2, 0.25) is 5.79 Å². The van der Waals surface area contributed by atoms with Crippen LogP contribution in [0.4, 0.5) is 0 Å². The summed E-state index contributed by atoms with van der Waals surface area (Å²) in [5, 5.41) is 47.4. The summed E-state index contributed by atoms with van der Waals surface area (Å²) in [4.78, 5) is 64.3. The number of aliphatic hydroxyl groups is 4. The first kappa shape index (κ1) is 49.9. The second-order valence-corrected chi connectivity index (χ2v) is 18.3. The number of carbonyl (C=O) groups excluding carboxylic acids is 5. The highest BCUT2D eigenvalue weighted by Crippen LogP contribution is 2.50. The molecule has 344 valence electrons. The monoisotopic (exact) mass is 866 g/mol. The number of esters is 5. The Morgan fingerprint density at radius 3 is 2.13 bits per heavy atom. The van der Waals surface area contributed by atoms with Crippen LogP contribution in [0.3, 0.4) is 0 Å². The second kappa shape index (κ2) is 20.2. The van der Waals surface area contributed by atoms with Crippen molar-refractivity contribution < 1.29 is 82.3 Å².